The molecule has 3 aromatic rings. The van der Waals surface area contributed by atoms with Crippen LogP contribution < -0.4 is 20.1 Å². The molecule has 6 heteroatoms. The fourth-order valence-electron chi connectivity index (χ4n) is 2.73. The van der Waals surface area contributed by atoms with Crippen molar-refractivity contribution in [3.05, 3.63) is 83.4 Å². The van der Waals surface area contributed by atoms with Crippen molar-refractivity contribution in [2.45, 2.75) is 6.92 Å². The predicted molar refractivity (Wildman–Crippen MR) is 113 cm³/mol. The van der Waals surface area contributed by atoms with Crippen molar-refractivity contribution < 1.29 is 19.1 Å². The lowest BCUT2D eigenvalue weighted by molar-refractivity contribution is 0.101. The van der Waals surface area contributed by atoms with Crippen molar-refractivity contribution in [1.29, 1.82) is 0 Å². The molecule has 3 aromatic carbocycles. The van der Waals surface area contributed by atoms with Crippen LogP contribution in [0.15, 0.2) is 66.7 Å². The number of anilines is 2. The smallest absolute Gasteiger partial charge is 0.255 e. The van der Waals surface area contributed by atoms with Gasteiger partial charge >= 0.3 is 0 Å². The Balaban J connectivity index is 1.78. The topological polar surface area (TPSA) is 76.7 Å². The van der Waals surface area contributed by atoms with Crippen molar-refractivity contribution in [1.82, 2.24) is 0 Å². The highest BCUT2D eigenvalue weighted by molar-refractivity contribution is 6.07. The normalized spacial score (nSPS) is 10.2. The summed E-state index contributed by atoms with van der Waals surface area (Å²) in [6, 6.07) is 19.1. The number of hydrogen-bond donors (Lipinski definition) is 2. The number of hydrogen-bond acceptors (Lipinski definition) is 4. The van der Waals surface area contributed by atoms with E-state index in [2.05, 4.69) is 10.6 Å². The first kappa shape index (κ1) is 19.9. The van der Waals surface area contributed by atoms with E-state index in [-0.39, 0.29) is 11.8 Å². The Labute approximate surface area is 169 Å². The van der Waals surface area contributed by atoms with Gasteiger partial charge in [-0.2, -0.15) is 0 Å². The van der Waals surface area contributed by atoms with Gasteiger partial charge in [0.1, 0.15) is 11.5 Å². The van der Waals surface area contributed by atoms with E-state index in [1.165, 1.54) is 7.11 Å². The molecule has 0 spiro atoms. The monoisotopic (exact) mass is 390 g/mol. The second-order valence-electron chi connectivity index (χ2n) is 6.42. The van der Waals surface area contributed by atoms with E-state index in [4.69, 9.17) is 9.47 Å². The van der Waals surface area contributed by atoms with Crippen molar-refractivity contribution in [3.63, 3.8) is 0 Å². The number of rotatable bonds is 6. The molecule has 29 heavy (non-hydrogen) atoms. The molecule has 2 N–H and O–H groups in total. The van der Waals surface area contributed by atoms with Gasteiger partial charge in [0.05, 0.1) is 19.9 Å². The zero-order chi connectivity index (χ0) is 20.8. The van der Waals surface area contributed by atoms with Gasteiger partial charge in [-0.15, -0.1) is 0 Å². The van der Waals surface area contributed by atoms with E-state index in [9.17, 15) is 9.59 Å². The summed E-state index contributed by atoms with van der Waals surface area (Å²) in [5, 5.41) is 5.66. The molecule has 0 radical (unpaired) electrons. The van der Waals surface area contributed by atoms with Gasteiger partial charge in [0.15, 0.2) is 0 Å². The Kier molecular flexibility index (Phi) is 6.14. The van der Waals surface area contributed by atoms with Crippen LogP contribution in [0.3, 0.4) is 0 Å². The minimum atomic E-state index is -0.298. The third-order valence-electron chi connectivity index (χ3n) is 4.37. The van der Waals surface area contributed by atoms with Gasteiger partial charge in [-0.3, -0.25) is 9.59 Å². The Morgan fingerprint density at radius 1 is 0.724 bits per heavy atom. The maximum Gasteiger partial charge on any atom is 0.255 e. The van der Waals surface area contributed by atoms with E-state index < -0.39 is 0 Å². The molecule has 0 saturated carbocycles. The highest BCUT2D eigenvalue weighted by Gasteiger charge is 2.13. The van der Waals surface area contributed by atoms with Gasteiger partial charge in [-0.1, -0.05) is 17.7 Å². The van der Waals surface area contributed by atoms with Gasteiger partial charge in [-0.05, 0) is 61.5 Å². The first-order chi connectivity index (χ1) is 14.0. The third-order valence-corrected chi connectivity index (χ3v) is 4.37. The SMILES string of the molecule is COc1ccc(C(=O)Nc2cc(NC(=O)c3ccc(C)cc3)ccc2OC)cc1. The summed E-state index contributed by atoms with van der Waals surface area (Å²) in [7, 11) is 3.08. The van der Waals surface area contributed by atoms with Gasteiger partial charge in [0.2, 0.25) is 0 Å². The summed E-state index contributed by atoms with van der Waals surface area (Å²) in [5.41, 5.74) is 3.10. The molecule has 0 aliphatic rings. The Bertz CT molecular complexity index is 1010. The van der Waals surface area contributed by atoms with Gasteiger partial charge in [0, 0.05) is 16.8 Å². The summed E-state index contributed by atoms with van der Waals surface area (Å²) in [5.74, 6) is 0.621. The minimum absolute atomic E-state index is 0.234. The molecule has 0 unspecified atom stereocenters. The Hall–Kier alpha value is -3.80. The van der Waals surface area contributed by atoms with Crippen molar-refractivity contribution in [2.75, 3.05) is 24.9 Å². The van der Waals surface area contributed by atoms with Crippen LogP contribution in [-0.4, -0.2) is 26.0 Å². The van der Waals surface area contributed by atoms with Crippen LogP contribution in [0.4, 0.5) is 11.4 Å². The van der Waals surface area contributed by atoms with Crippen molar-refractivity contribution in [3.8, 4) is 11.5 Å². The van der Waals surface area contributed by atoms with Crippen LogP contribution in [0.25, 0.3) is 0 Å². The molecule has 0 bridgehead atoms. The lowest BCUT2D eigenvalue weighted by atomic mass is 10.1. The van der Waals surface area contributed by atoms with E-state index in [0.717, 1.165) is 5.56 Å². The van der Waals surface area contributed by atoms with Crippen LogP contribution in [-0.2, 0) is 0 Å². The number of ether oxygens (including phenoxy) is 2. The van der Waals surface area contributed by atoms with Crippen LogP contribution >= 0.6 is 0 Å². The molecule has 6 nitrogen and oxygen atoms in total. The summed E-state index contributed by atoms with van der Waals surface area (Å²) < 4.78 is 10.4. The van der Waals surface area contributed by atoms with Crippen molar-refractivity contribution in [2.24, 2.45) is 0 Å². The molecule has 0 fully saturated rings. The number of amides is 2. The molecule has 2 amide bonds. The second kappa shape index (κ2) is 8.93. The molecule has 0 aliphatic heterocycles. The quantitative estimate of drug-likeness (QED) is 0.649. The van der Waals surface area contributed by atoms with E-state index >= 15 is 0 Å². The third kappa shape index (κ3) is 4.93. The number of aryl methyl sites for hydroxylation is 1. The summed E-state index contributed by atoms with van der Waals surface area (Å²) in [6.07, 6.45) is 0. The standard InChI is InChI=1S/C23H22N2O4/c1-15-4-6-16(7-5-15)22(26)24-18-10-13-21(29-3)20(14-18)25-23(27)17-8-11-19(28-2)12-9-17/h4-14H,1-3H3,(H,24,26)(H,25,27). The number of carbonyl (C=O) groups excluding carboxylic acids is 2. The number of nitrogens with one attached hydrogen (secondary N) is 2. The summed E-state index contributed by atoms with van der Waals surface area (Å²) in [4.78, 5) is 25.0. The van der Waals surface area contributed by atoms with E-state index in [1.54, 1.807) is 61.7 Å². The number of methoxy groups -OCH3 is 2. The molecule has 0 heterocycles. The number of benzene rings is 3. The number of carbonyl (C=O) groups is 2. The molecule has 0 aliphatic carbocycles. The second-order valence-corrected chi connectivity index (χ2v) is 6.42. The first-order valence-corrected chi connectivity index (χ1v) is 9.01. The molecule has 3 rings (SSSR count). The van der Waals surface area contributed by atoms with Crippen molar-refractivity contribution >= 4 is 23.2 Å². The Morgan fingerprint density at radius 2 is 1.31 bits per heavy atom. The highest BCUT2D eigenvalue weighted by Crippen LogP contribution is 2.29. The first-order valence-electron chi connectivity index (χ1n) is 9.01. The molecule has 148 valence electrons. The zero-order valence-corrected chi connectivity index (χ0v) is 16.5. The van der Waals surface area contributed by atoms with Gasteiger partial charge in [0.25, 0.3) is 11.8 Å². The van der Waals surface area contributed by atoms with Gasteiger partial charge < -0.3 is 20.1 Å². The average Bonchev–Trinajstić information content (AvgIpc) is 2.74. The van der Waals surface area contributed by atoms with Crippen LogP contribution in [0, 0.1) is 6.92 Å². The minimum Gasteiger partial charge on any atom is -0.497 e. The fraction of sp³-hybridized carbons (Fsp3) is 0.130. The highest BCUT2D eigenvalue weighted by atomic mass is 16.5. The van der Waals surface area contributed by atoms with Crippen LogP contribution in [0.2, 0.25) is 0 Å². The average molecular weight is 390 g/mol. The molecule has 0 saturated heterocycles. The lowest BCUT2D eigenvalue weighted by Crippen LogP contribution is -2.14. The van der Waals surface area contributed by atoms with Gasteiger partial charge in [-0.25, -0.2) is 0 Å². The predicted octanol–water partition coefficient (Wildman–Crippen LogP) is 4.52. The summed E-state index contributed by atoms with van der Waals surface area (Å²) in [6.45, 7) is 1.96. The van der Waals surface area contributed by atoms with E-state index in [1.807, 2.05) is 19.1 Å². The largest absolute Gasteiger partial charge is 0.497 e. The molecule has 0 atom stereocenters. The lowest BCUT2D eigenvalue weighted by Gasteiger charge is -2.13. The molecular weight excluding hydrogens is 368 g/mol. The molecular formula is C23H22N2O4. The molecule has 0 aromatic heterocycles. The Morgan fingerprint density at radius 3 is 1.90 bits per heavy atom. The van der Waals surface area contributed by atoms with E-state index in [0.29, 0.717) is 34.0 Å². The summed E-state index contributed by atoms with van der Waals surface area (Å²) >= 11 is 0. The maximum absolute atomic E-state index is 12.6. The zero-order valence-electron chi connectivity index (χ0n) is 16.5. The fourth-order valence-corrected chi connectivity index (χ4v) is 2.73. The van der Waals surface area contributed by atoms with Crippen LogP contribution in [0.1, 0.15) is 26.3 Å². The maximum atomic E-state index is 12.6. The van der Waals surface area contributed by atoms with Crippen LogP contribution in [0.5, 0.6) is 11.5 Å².